The lowest BCUT2D eigenvalue weighted by Crippen LogP contribution is -2.34. The van der Waals surface area contributed by atoms with Crippen LogP contribution in [0.2, 0.25) is 0 Å². The summed E-state index contributed by atoms with van der Waals surface area (Å²) in [6.45, 7) is 7.10. The average molecular weight is 426 g/mol. The van der Waals surface area contributed by atoms with Gasteiger partial charge in [-0.3, -0.25) is 0 Å². The van der Waals surface area contributed by atoms with Crippen LogP contribution >= 0.6 is 31.9 Å². The van der Waals surface area contributed by atoms with Gasteiger partial charge in [0, 0.05) is 9.89 Å². The maximum Gasteiger partial charge on any atom is 0.0175 e. The molecule has 2 atom stereocenters. The number of hydrogen-bond donors (Lipinski definition) is 0. The number of rotatable bonds is 6. The summed E-state index contributed by atoms with van der Waals surface area (Å²) in [5, 5.41) is 0. The Morgan fingerprint density at radius 1 is 1.05 bits per heavy atom. The summed E-state index contributed by atoms with van der Waals surface area (Å²) in [4.78, 5) is 0. The molecule has 1 aromatic carbocycles. The van der Waals surface area contributed by atoms with Crippen LogP contribution in [0.4, 0.5) is 0 Å². The van der Waals surface area contributed by atoms with Crippen LogP contribution in [-0.4, -0.2) is 0 Å². The molecule has 120 valence electrons. The second kappa shape index (κ2) is 7.97. The minimum atomic E-state index is 0.135. The van der Waals surface area contributed by atoms with Gasteiger partial charge in [0.15, 0.2) is 0 Å². The molecular weight excluding hydrogens is 400 g/mol. The molecule has 0 fully saturated rings. The van der Waals surface area contributed by atoms with E-state index in [4.69, 9.17) is 0 Å². The Bertz CT molecular complexity index is 554. The van der Waals surface area contributed by atoms with Crippen molar-refractivity contribution in [1.82, 2.24) is 0 Å². The largest absolute Gasteiger partial charge is 0.0654 e. The Labute approximate surface area is 152 Å². The van der Waals surface area contributed by atoms with Gasteiger partial charge in [-0.15, -0.1) is 0 Å². The molecule has 22 heavy (non-hydrogen) atoms. The van der Waals surface area contributed by atoms with Gasteiger partial charge >= 0.3 is 0 Å². The molecule has 0 aliphatic heterocycles. The van der Waals surface area contributed by atoms with Crippen molar-refractivity contribution in [1.29, 1.82) is 0 Å². The van der Waals surface area contributed by atoms with Crippen molar-refractivity contribution in [3.05, 3.63) is 56.5 Å². The van der Waals surface area contributed by atoms with E-state index in [0.717, 1.165) is 17.3 Å². The van der Waals surface area contributed by atoms with Crippen LogP contribution < -0.4 is 0 Å². The molecule has 1 aliphatic carbocycles. The lowest BCUT2D eigenvalue weighted by Gasteiger charge is -2.41. The second-order valence-corrected chi connectivity index (χ2v) is 8.34. The van der Waals surface area contributed by atoms with Gasteiger partial charge in [-0.05, 0) is 47.4 Å². The van der Waals surface area contributed by atoms with Gasteiger partial charge in [0.1, 0.15) is 0 Å². The molecule has 0 saturated carbocycles. The van der Waals surface area contributed by atoms with E-state index in [1.807, 2.05) is 0 Å². The Kier molecular flexibility index (Phi) is 6.52. The number of allylic oxidation sites excluding steroid dienone is 4. The Hall–Kier alpha value is -0.340. The highest BCUT2D eigenvalue weighted by Crippen LogP contribution is 2.46. The van der Waals surface area contributed by atoms with E-state index in [1.165, 1.54) is 29.3 Å². The van der Waals surface area contributed by atoms with Crippen LogP contribution in [0.15, 0.2) is 50.9 Å². The van der Waals surface area contributed by atoms with Crippen molar-refractivity contribution in [3.63, 3.8) is 0 Å². The van der Waals surface area contributed by atoms with E-state index in [1.54, 1.807) is 5.57 Å². The number of hydrogen-bond acceptors (Lipinski definition) is 0. The predicted octanol–water partition coefficient (Wildman–Crippen LogP) is 7.53. The van der Waals surface area contributed by atoms with Crippen LogP contribution in [0.3, 0.4) is 0 Å². The van der Waals surface area contributed by atoms with E-state index in [9.17, 15) is 0 Å². The summed E-state index contributed by atoms with van der Waals surface area (Å²) < 4.78 is 2.47. The molecule has 0 N–H and O–H groups in total. The fourth-order valence-electron chi connectivity index (χ4n) is 3.77. The quantitative estimate of drug-likeness (QED) is 0.441. The highest BCUT2D eigenvalue weighted by Gasteiger charge is 2.37. The molecule has 2 rings (SSSR count). The molecule has 0 saturated heterocycles. The van der Waals surface area contributed by atoms with E-state index < -0.39 is 0 Å². The Morgan fingerprint density at radius 3 is 2.23 bits per heavy atom. The Balaban J connectivity index is 2.50. The number of halogens is 2. The van der Waals surface area contributed by atoms with Crippen LogP contribution in [0.25, 0.3) is 0 Å². The lowest BCUT2D eigenvalue weighted by molar-refractivity contribution is 0.298. The monoisotopic (exact) mass is 424 g/mol. The zero-order valence-electron chi connectivity index (χ0n) is 13.8. The topological polar surface area (TPSA) is 0 Å². The third kappa shape index (κ3) is 3.76. The molecule has 0 spiro atoms. The van der Waals surface area contributed by atoms with E-state index in [-0.39, 0.29) is 5.41 Å². The van der Waals surface area contributed by atoms with Gasteiger partial charge in [-0.25, -0.2) is 0 Å². The standard InChI is InChI=1S/C20H26Br2/c1-4-6-15(5-2)20(3,16-7-11-18(21)12-8-16)17-9-13-19(22)14-10-17/h7-9,11-13,15H,4-6,10,14H2,1-3H3. The van der Waals surface area contributed by atoms with Crippen molar-refractivity contribution >= 4 is 31.9 Å². The van der Waals surface area contributed by atoms with E-state index in [0.29, 0.717) is 5.92 Å². The first-order valence-electron chi connectivity index (χ1n) is 8.34. The lowest BCUT2D eigenvalue weighted by atomic mass is 9.63. The van der Waals surface area contributed by atoms with Gasteiger partial charge in [0.05, 0.1) is 0 Å². The highest BCUT2D eigenvalue weighted by molar-refractivity contribution is 9.11. The molecule has 1 aliphatic rings. The van der Waals surface area contributed by atoms with E-state index >= 15 is 0 Å². The second-order valence-electron chi connectivity index (χ2n) is 6.41. The van der Waals surface area contributed by atoms with Crippen LogP contribution in [0.5, 0.6) is 0 Å². The van der Waals surface area contributed by atoms with Gasteiger partial charge in [0.2, 0.25) is 0 Å². The molecule has 1 aromatic rings. The maximum absolute atomic E-state index is 3.64. The summed E-state index contributed by atoms with van der Waals surface area (Å²) in [6.07, 6.45) is 10.6. The van der Waals surface area contributed by atoms with Crippen molar-refractivity contribution in [2.24, 2.45) is 5.92 Å². The summed E-state index contributed by atoms with van der Waals surface area (Å²) in [7, 11) is 0. The first kappa shape index (κ1) is 18.0. The summed E-state index contributed by atoms with van der Waals surface area (Å²) in [5.74, 6) is 0.690. The fourth-order valence-corrected chi connectivity index (χ4v) is 4.37. The summed E-state index contributed by atoms with van der Waals surface area (Å²) >= 11 is 7.21. The maximum atomic E-state index is 3.64. The first-order chi connectivity index (χ1) is 10.5. The summed E-state index contributed by atoms with van der Waals surface area (Å²) in [6, 6.07) is 8.97. The molecule has 0 nitrogen and oxygen atoms in total. The molecule has 0 amide bonds. The minimum absolute atomic E-state index is 0.135. The van der Waals surface area contributed by atoms with E-state index in [2.05, 4.69) is 89.0 Å². The fraction of sp³-hybridized carbons (Fsp3) is 0.500. The molecular formula is C20H26Br2. The minimum Gasteiger partial charge on any atom is -0.0654 e. The van der Waals surface area contributed by atoms with Crippen molar-refractivity contribution in [3.8, 4) is 0 Å². The van der Waals surface area contributed by atoms with Crippen molar-refractivity contribution in [2.45, 2.75) is 58.3 Å². The van der Waals surface area contributed by atoms with Crippen LogP contribution in [-0.2, 0) is 5.41 Å². The molecule has 2 unspecified atom stereocenters. The van der Waals surface area contributed by atoms with Crippen molar-refractivity contribution in [2.75, 3.05) is 0 Å². The first-order valence-corrected chi connectivity index (χ1v) is 9.92. The molecule has 0 radical (unpaired) electrons. The normalized spacial score (nSPS) is 19.1. The Morgan fingerprint density at radius 2 is 1.73 bits per heavy atom. The third-order valence-corrected chi connectivity index (χ3v) is 6.35. The zero-order chi connectivity index (χ0) is 16.2. The SMILES string of the molecule is CCCC(CC)C(C)(C1=CC=C(Br)CC1)c1ccc(Br)cc1. The predicted molar refractivity (Wildman–Crippen MR) is 105 cm³/mol. The van der Waals surface area contributed by atoms with Crippen LogP contribution in [0.1, 0.15) is 58.4 Å². The zero-order valence-corrected chi connectivity index (χ0v) is 17.0. The number of benzene rings is 1. The summed E-state index contributed by atoms with van der Waals surface area (Å²) in [5.41, 5.74) is 3.17. The van der Waals surface area contributed by atoms with Gasteiger partial charge < -0.3 is 0 Å². The average Bonchev–Trinajstić information content (AvgIpc) is 2.53. The van der Waals surface area contributed by atoms with Crippen molar-refractivity contribution < 1.29 is 0 Å². The van der Waals surface area contributed by atoms with Gasteiger partial charge in [-0.2, -0.15) is 0 Å². The smallest absolute Gasteiger partial charge is 0.0175 e. The molecule has 0 heterocycles. The van der Waals surface area contributed by atoms with Crippen LogP contribution in [0, 0.1) is 5.92 Å². The van der Waals surface area contributed by atoms with Gasteiger partial charge in [-0.1, -0.05) is 95.3 Å². The highest BCUT2D eigenvalue weighted by atomic mass is 79.9. The third-order valence-electron chi connectivity index (χ3n) is 5.16. The molecule has 0 aromatic heterocycles. The molecule has 0 bridgehead atoms. The molecule has 2 heteroatoms. The van der Waals surface area contributed by atoms with Gasteiger partial charge in [0.25, 0.3) is 0 Å².